The van der Waals surface area contributed by atoms with Crippen LogP contribution < -0.4 is 0 Å². The Morgan fingerprint density at radius 2 is 0.903 bits per heavy atom. The van der Waals surface area contributed by atoms with E-state index in [1.54, 1.807) is 0 Å². The lowest BCUT2D eigenvalue weighted by molar-refractivity contribution is -0.439. The molecule has 0 amide bonds. The van der Waals surface area contributed by atoms with E-state index < -0.39 is 48.0 Å². The maximum absolute atomic E-state index is 13.5. The highest BCUT2D eigenvalue weighted by Crippen LogP contribution is 2.60. The Morgan fingerprint density at radius 3 is 1.39 bits per heavy atom. The van der Waals surface area contributed by atoms with E-state index in [1.165, 1.54) is 0 Å². The average Bonchev–Trinajstić information content (AvgIpc) is 2.61. The van der Waals surface area contributed by atoms with Crippen LogP contribution in [0.1, 0.15) is 51.9 Å². The maximum atomic E-state index is 13.5. The quantitative estimate of drug-likeness (QED) is 0.119. The molecule has 0 heterocycles. The Bertz CT molecular complexity index is 532. The number of halogens is 13. The van der Waals surface area contributed by atoms with Crippen LogP contribution >= 0.6 is 21.6 Å². The van der Waals surface area contributed by atoms with Crippen molar-refractivity contribution in [2.45, 2.75) is 87.7 Å². The van der Waals surface area contributed by atoms with Gasteiger partial charge in [-0.1, -0.05) is 60.6 Å². The number of rotatable bonds is 15. The molecule has 0 spiro atoms. The Morgan fingerprint density at radius 1 is 0.484 bits per heavy atom. The second-order valence-corrected chi connectivity index (χ2v) is 9.36. The molecule has 0 rings (SSSR count). The van der Waals surface area contributed by atoms with Crippen LogP contribution in [-0.4, -0.2) is 47.3 Å². The monoisotopic (exact) mass is 524 g/mol. The van der Waals surface area contributed by atoms with Gasteiger partial charge in [-0.2, -0.15) is 57.1 Å². The highest BCUT2D eigenvalue weighted by molar-refractivity contribution is 8.76. The molecule has 0 unspecified atom stereocenters. The van der Waals surface area contributed by atoms with Crippen molar-refractivity contribution in [2.75, 3.05) is 11.5 Å². The molecule has 0 aromatic heterocycles. The molecule has 188 valence electrons. The number of hydrogen-bond acceptors (Lipinski definition) is 2. The van der Waals surface area contributed by atoms with Crippen molar-refractivity contribution in [1.29, 1.82) is 0 Å². The standard InChI is InChI=1S/C16H21F13S2/c1-2-3-4-5-6-7-9-30-31-10-8-11(17,18)12(19,20)13(21,22)14(23,24)15(25,26)16(27,28)29/h2-10H2,1H3. The van der Waals surface area contributed by atoms with Crippen molar-refractivity contribution in [1.82, 2.24) is 0 Å². The van der Waals surface area contributed by atoms with Gasteiger partial charge in [-0.05, 0) is 6.42 Å². The van der Waals surface area contributed by atoms with Crippen molar-refractivity contribution in [3.8, 4) is 0 Å². The molecule has 0 atom stereocenters. The molecule has 0 N–H and O–H groups in total. The Labute approximate surface area is 178 Å². The third-order valence-corrected chi connectivity index (χ3v) is 6.66. The van der Waals surface area contributed by atoms with E-state index in [9.17, 15) is 57.1 Å². The maximum Gasteiger partial charge on any atom is 0.460 e. The van der Waals surface area contributed by atoms with Gasteiger partial charge in [0.25, 0.3) is 0 Å². The third-order valence-electron chi connectivity index (χ3n) is 4.16. The molecule has 31 heavy (non-hydrogen) atoms. The lowest BCUT2D eigenvalue weighted by Gasteiger charge is -2.39. The molecule has 0 aromatic carbocycles. The van der Waals surface area contributed by atoms with E-state index in [0.29, 0.717) is 23.0 Å². The SMILES string of the molecule is CCCCCCCCSSCCC(F)(F)C(F)(F)C(F)(F)C(F)(F)C(F)(F)C(F)(F)F. The predicted molar refractivity (Wildman–Crippen MR) is 93.7 cm³/mol. The third kappa shape index (κ3) is 6.89. The largest absolute Gasteiger partial charge is 0.460 e. The van der Waals surface area contributed by atoms with E-state index in [2.05, 4.69) is 0 Å². The summed E-state index contributed by atoms with van der Waals surface area (Å²) in [4.78, 5) is 0. The van der Waals surface area contributed by atoms with Crippen LogP contribution in [0.3, 0.4) is 0 Å². The van der Waals surface area contributed by atoms with Gasteiger partial charge >= 0.3 is 35.8 Å². The molecule has 0 fully saturated rings. The zero-order valence-corrected chi connectivity index (χ0v) is 17.7. The molecule has 0 saturated carbocycles. The van der Waals surface area contributed by atoms with Gasteiger partial charge in [-0.25, -0.2) is 0 Å². The smallest absolute Gasteiger partial charge is 0.200 e. The van der Waals surface area contributed by atoms with Gasteiger partial charge in [0.2, 0.25) is 0 Å². The van der Waals surface area contributed by atoms with E-state index in [-0.39, 0.29) is 0 Å². The summed E-state index contributed by atoms with van der Waals surface area (Å²) in [5.41, 5.74) is 0. The predicted octanol–water partition coefficient (Wildman–Crippen LogP) is 8.86. The minimum Gasteiger partial charge on any atom is -0.200 e. The Balaban J connectivity index is 4.95. The molecule has 0 bridgehead atoms. The fraction of sp³-hybridized carbons (Fsp3) is 1.00. The van der Waals surface area contributed by atoms with Crippen LogP contribution in [0.15, 0.2) is 0 Å². The molecule has 0 aromatic rings. The fourth-order valence-corrected chi connectivity index (χ4v) is 4.40. The highest BCUT2D eigenvalue weighted by Gasteiger charge is 2.90. The summed E-state index contributed by atoms with van der Waals surface area (Å²) < 4.78 is 168. The summed E-state index contributed by atoms with van der Waals surface area (Å²) in [5, 5.41) is 0. The normalized spacial score (nSPS) is 14.9. The summed E-state index contributed by atoms with van der Waals surface area (Å²) in [5.74, 6) is -36.9. The molecule has 0 nitrogen and oxygen atoms in total. The lowest BCUT2D eigenvalue weighted by Crippen LogP contribution is -2.70. The van der Waals surface area contributed by atoms with Gasteiger partial charge in [0, 0.05) is 17.9 Å². The van der Waals surface area contributed by atoms with Crippen molar-refractivity contribution in [3.05, 3.63) is 0 Å². The van der Waals surface area contributed by atoms with E-state index in [4.69, 9.17) is 0 Å². The summed E-state index contributed by atoms with van der Waals surface area (Å²) in [6.07, 6.45) is -4.13. The number of alkyl halides is 13. The lowest BCUT2D eigenvalue weighted by atomic mass is 9.93. The van der Waals surface area contributed by atoms with E-state index in [1.807, 2.05) is 6.92 Å². The molecule has 0 aliphatic rings. The zero-order valence-electron chi connectivity index (χ0n) is 16.1. The van der Waals surface area contributed by atoms with Gasteiger partial charge in [0.15, 0.2) is 0 Å². The second-order valence-electron chi connectivity index (χ2n) is 6.66. The first kappa shape index (κ1) is 30.8. The van der Waals surface area contributed by atoms with Crippen LogP contribution in [0.25, 0.3) is 0 Å². The topological polar surface area (TPSA) is 0 Å². The van der Waals surface area contributed by atoms with Gasteiger partial charge < -0.3 is 0 Å². The zero-order chi connectivity index (χ0) is 24.8. The summed E-state index contributed by atoms with van der Waals surface area (Å²) in [6.45, 7) is 2.00. The highest BCUT2D eigenvalue weighted by atomic mass is 33.1. The minimum absolute atomic E-state index is 0.394. The molecular formula is C16H21F13S2. The van der Waals surface area contributed by atoms with Gasteiger partial charge in [0.1, 0.15) is 0 Å². The summed E-state index contributed by atoms with van der Waals surface area (Å²) in [7, 11) is 1.46. The first-order valence-corrected chi connectivity index (χ1v) is 11.5. The summed E-state index contributed by atoms with van der Waals surface area (Å²) >= 11 is 0. The molecule has 0 saturated heterocycles. The van der Waals surface area contributed by atoms with Crippen molar-refractivity contribution in [2.24, 2.45) is 0 Å². The van der Waals surface area contributed by atoms with Crippen LogP contribution in [-0.2, 0) is 0 Å². The Hall–Kier alpha value is -0.210. The number of hydrogen-bond donors (Lipinski definition) is 0. The van der Waals surface area contributed by atoms with Crippen LogP contribution in [0.5, 0.6) is 0 Å². The molecule has 0 aliphatic heterocycles. The molecule has 0 radical (unpaired) electrons. The van der Waals surface area contributed by atoms with E-state index in [0.717, 1.165) is 42.9 Å². The molecule has 0 aliphatic carbocycles. The van der Waals surface area contributed by atoms with Gasteiger partial charge in [-0.3, -0.25) is 0 Å². The number of unbranched alkanes of at least 4 members (excludes halogenated alkanes) is 5. The van der Waals surface area contributed by atoms with Crippen molar-refractivity contribution < 1.29 is 57.1 Å². The fourth-order valence-electron chi connectivity index (χ4n) is 2.19. The second kappa shape index (κ2) is 11.3. The molecule has 15 heteroatoms. The van der Waals surface area contributed by atoms with E-state index >= 15 is 0 Å². The van der Waals surface area contributed by atoms with Crippen molar-refractivity contribution in [3.63, 3.8) is 0 Å². The minimum atomic E-state index is -7.83. The van der Waals surface area contributed by atoms with Gasteiger partial charge in [-0.15, -0.1) is 0 Å². The summed E-state index contributed by atoms with van der Waals surface area (Å²) in [6, 6.07) is 0. The first-order valence-electron chi connectivity index (χ1n) is 9.01. The van der Waals surface area contributed by atoms with Crippen molar-refractivity contribution >= 4 is 21.6 Å². The molecular weight excluding hydrogens is 503 g/mol. The van der Waals surface area contributed by atoms with Crippen LogP contribution in [0.2, 0.25) is 0 Å². The average molecular weight is 524 g/mol. The Kier molecular flexibility index (Phi) is 11.2. The van der Waals surface area contributed by atoms with Crippen LogP contribution in [0, 0.1) is 0 Å². The van der Waals surface area contributed by atoms with Crippen LogP contribution in [0.4, 0.5) is 57.1 Å². The first-order chi connectivity index (χ1) is 13.8. The van der Waals surface area contributed by atoms with Gasteiger partial charge in [0.05, 0.1) is 0 Å².